The first-order chi connectivity index (χ1) is 14.7. The molecule has 2 unspecified atom stereocenters. The summed E-state index contributed by atoms with van der Waals surface area (Å²) in [5.74, 6) is 0.866. The van der Waals surface area contributed by atoms with Gasteiger partial charge in [0.25, 0.3) is 0 Å². The van der Waals surface area contributed by atoms with Crippen LogP contribution in [0.4, 0.5) is 0 Å². The first kappa shape index (κ1) is 23.3. The first-order valence-corrected chi connectivity index (χ1v) is 11.5. The van der Waals surface area contributed by atoms with Gasteiger partial charge in [-0.05, 0) is 31.5 Å². The Kier molecular flexibility index (Phi) is 9.68. The van der Waals surface area contributed by atoms with Crippen LogP contribution >= 0.6 is 11.6 Å². The number of halogens is 1. The molecule has 2 fully saturated rings. The van der Waals surface area contributed by atoms with E-state index in [-0.39, 0.29) is 6.04 Å². The predicted octanol–water partition coefficient (Wildman–Crippen LogP) is 1.99. The van der Waals surface area contributed by atoms with E-state index in [0.717, 1.165) is 83.2 Å². The van der Waals surface area contributed by atoms with Crippen molar-refractivity contribution in [2.45, 2.75) is 25.9 Å². The number of rotatable bonds is 8. The minimum Gasteiger partial charge on any atom is -0.379 e. The number of hydrogen-bond acceptors (Lipinski definition) is 5. The van der Waals surface area contributed by atoms with Crippen LogP contribution in [0.25, 0.3) is 0 Å². The summed E-state index contributed by atoms with van der Waals surface area (Å²) in [7, 11) is 0. The van der Waals surface area contributed by atoms with Crippen molar-refractivity contribution in [2.24, 2.45) is 4.99 Å². The summed E-state index contributed by atoms with van der Waals surface area (Å²) >= 11 is 6.12. The molecule has 0 amide bonds. The maximum Gasteiger partial charge on any atom is 0.191 e. The molecule has 3 rings (SSSR count). The summed E-state index contributed by atoms with van der Waals surface area (Å²) in [4.78, 5) is 9.78. The molecule has 0 bridgehead atoms. The molecule has 1 aromatic carbocycles. The largest absolute Gasteiger partial charge is 0.379 e. The zero-order valence-corrected chi connectivity index (χ0v) is 19.0. The van der Waals surface area contributed by atoms with E-state index in [4.69, 9.17) is 26.1 Å². The minimum atomic E-state index is 0.242. The van der Waals surface area contributed by atoms with E-state index in [2.05, 4.69) is 46.4 Å². The Labute approximate surface area is 185 Å². The topological polar surface area (TPSA) is 61.4 Å². The van der Waals surface area contributed by atoms with Crippen molar-refractivity contribution in [3.05, 3.63) is 34.9 Å². The number of aliphatic imine (C=N–C) groups is 1. The van der Waals surface area contributed by atoms with Crippen LogP contribution < -0.4 is 10.6 Å². The van der Waals surface area contributed by atoms with Crippen LogP contribution in [-0.4, -0.2) is 94.0 Å². The zero-order chi connectivity index (χ0) is 21.2. The zero-order valence-electron chi connectivity index (χ0n) is 18.3. The molecule has 2 aliphatic heterocycles. The van der Waals surface area contributed by atoms with Gasteiger partial charge in [0, 0.05) is 50.3 Å². The van der Waals surface area contributed by atoms with Crippen LogP contribution in [-0.2, 0) is 9.47 Å². The molecule has 2 saturated heterocycles. The first-order valence-electron chi connectivity index (χ1n) is 11.1. The number of nitrogens with zero attached hydrogens (tertiary/aromatic N) is 3. The third-order valence-corrected chi connectivity index (χ3v) is 5.98. The van der Waals surface area contributed by atoms with Crippen LogP contribution in [0.2, 0.25) is 5.02 Å². The summed E-state index contributed by atoms with van der Waals surface area (Å²) in [5.41, 5.74) is 1.26. The third-order valence-electron chi connectivity index (χ3n) is 5.73. The Bertz CT molecular complexity index is 645. The highest BCUT2D eigenvalue weighted by atomic mass is 35.5. The molecule has 0 radical (unpaired) electrons. The van der Waals surface area contributed by atoms with Gasteiger partial charge in [-0.1, -0.05) is 23.7 Å². The SMILES string of the molecule is CCNC(=NCC(C)N1CCOCC1)NCC(c1ccc(Cl)cc1)N1CCOCC1. The molecule has 2 aliphatic rings. The standard InChI is InChI=1S/C22H36ClN5O2/c1-3-24-22(25-16-18(2)27-8-12-29-13-9-27)26-17-21(28-10-14-30-15-11-28)19-4-6-20(23)7-5-19/h4-7,18,21H,3,8-17H2,1-2H3,(H2,24,25,26). The van der Waals surface area contributed by atoms with E-state index in [1.165, 1.54) is 5.56 Å². The van der Waals surface area contributed by atoms with Crippen molar-refractivity contribution >= 4 is 17.6 Å². The Morgan fingerprint density at radius 2 is 1.60 bits per heavy atom. The van der Waals surface area contributed by atoms with Crippen LogP contribution in [0.15, 0.2) is 29.3 Å². The van der Waals surface area contributed by atoms with Crippen molar-refractivity contribution < 1.29 is 9.47 Å². The normalized spacial score (nSPS) is 21.2. The summed E-state index contributed by atoms with van der Waals surface area (Å²) in [6, 6.07) is 8.81. The monoisotopic (exact) mass is 437 g/mol. The molecule has 0 spiro atoms. The van der Waals surface area contributed by atoms with E-state index in [9.17, 15) is 0 Å². The van der Waals surface area contributed by atoms with Gasteiger partial charge < -0.3 is 20.1 Å². The van der Waals surface area contributed by atoms with Crippen molar-refractivity contribution in [2.75, 3.05) is 72.2 Å². The molecular formula is C22H36ClN5O2. The number of nitrogens with one attached hydrogen (secondary N) is 2. The average molecular weight is 438 g/mol. The van der Waals surface area contributed by atoms with Crippen LogP contribution in [0.3, 0.4) is 0 Å². The number of hydrogen-bond donors (Lipinski definition) is 2. The van der Waals surface area contributed by atoms with E-state index in [0.29, 0.717) is 6.04 Å². The molecule has 7 nitrogen and oxygen atoms in total. The number of benzene rings is 1. The lowest BCUT2D eigenvalue weighted by Gasteiger charge is -2.35. The second kappa shape index (κ2) is 12.5. The van der Waals surface area contributed by atoms with Crippen molar-refractivity contribution in [1.82, 2.24) is 20.4 Å². The van der Waals surface area contributed by atoms with Gasteiger partial charge >= 0.3 is 0 Å². The van der Waals surface area contributed by atoms with Crippen molar-refractivity contribution in [3.63, 3.8) is 0 Å². The summed E-state index contributed by atoms with van der Waals surface area (Å²) < 4.78 is 11.0. The lowest BCUT2D eigenvalue weighted by molar-refractivity contribution is 0.0169. The molecule has 1 aromatic rings. The number of morpholine rings is 2. The molecular weight excluding hydrogens is 402 g/mol. The van der Waals surface area contributed by atoms with E-state index in [1.54, 1.807) is 0 Å². The van der Waals surface area contributed by atoms with E-state index >= 15 is 0 Å². The molecule has 0 saturated carbocycles. The fourth-order valence-corrected chi connectivity index (χ4v) is 4.05. The molecule has 2 heterocycles. The lowest BCUT2D eigenvalue weighted by Crippen LogP contribution is -2.47. The van der Waals surface area contributed by atoms with Gasteiger partial charge in [-0.15, -0.1) is 0 Å². The maximum atomic E-state index is 6.12. The Morgan fingerprint density at radius 3 is 2.20 bits per heavy atom. The van der Waals surface area contributed by atoms with Crippen LogP contribution in [0.5, 0.6) is 0 Å². The molecule has 168 valence electrons. The van der Waals surface area contributed by atoms with Crippen molar-refractivity contribution in [1.29, 1.82) is 0 Å². The number of guanidine groups is 1. The van der Waals surface area contributed by atoms with E-state index in [1.807, 2.05) is 12.1 Å². The fraction of sp³-hybridized carbons (Fsp3) is 0.682. The van der Waals surface area contributed by atoms with Crippen LogP contribution in [0.1, 0.15) is 25.5 Å². The fourth-order valence-electron chi connectivity index (χ4n) is 3.92. The second-order valence-corrected chi connectivity index (χ2v) is 8.25. The molecule has 2 atom stereocenters. The molecule has 8 heteroatoms. The third kappa shape index (κ3) is 7.10. The smallest absolute Gasteiger partial charge is 0.191 e. The highest BCUT2D eigenvalue weighted by Crippen LogP contribution is 2.23. The van der Waals surface area contributed by atoms with Gasteiger partial charge in [0.1, 0.15) is 0 Å². The Morgan fingerprint density at radius 1 is 1.00 bits per heavy atom. The highest BCUT2D eigenvalue weighted by Gasteiger charge is 2.23. The van der Waals surface area contributed by atoms with Gasteiger partial charge in [0.15, 0.2) is 5.96 Å². The maximum absolute atomic E-state index is 6.12. The molecule has 30 heavy (non-hydrogen) atoms. The molecule has 0 aliphatic carbocycles. The lowest BCUT2D eigenvalue weighted by atomic mass is 10.0. The Balaban J connectivity index is 1.63. The quantitative estimate of drug-likeness (QED) is 0.479. The number of ether oxygens (including phenoxy) is 2. The second-order valence-electron chi connectivity index (χ2n) is 7.81. The van der Waals surface area contributed by atoms with Gasteiger partial charge in [0.2, 0.25) is 0 Å². The summed E-state index contributed by atoms with van der Waals surface area (Å²) in [5, 5.41) is 7.72. The van der Waals surface area contributed by atoms with Crippen LogP contribution in [0, 0.1) is 0 Å². The van der Waals surface area contributed by atoms with Crippen molar-refractivity contribution in [3.8, 4) is 0 Å². The van der Waals surface area contributed by atoms with E-state index < -0.39 is 0 Å². The predicted molar refractivity (Wildman–Crippen MR) is 122 cm³/mol. The summed E-state index contributed by atoms with van der Waals surface area (Å²) in [6.07, 6.45) is 0. The Hall–Kier alpha value is -1.38. The molecule has 2 N–H and O–H groups in total. The van der Waals surface area contributed by atoms with Gasteiger partial charge in [-0.25, -0.2) is 0 Å². The highest BCUT2D eigenvalue weighted by molar-refractivity contribution is 6.30. The van der Waals surface area contributed by atoms with Gasteiger partial charge in [-0.3, -0.25) is 14.8 Å². The molecule has 0 aromatic heterocycles. The minimum absolute atomic E-state index is 0.242. The average Bonchev–Trinajstić information content (AvgIpc) is 2.79. The van der Waals surface area contributed by atoms with Gasteiger partial charge in [-0.2, -0.15) is 0 Å². The summed E-state index contributed by atoms with van der Waals surface area (Å²) in [6.45, 7) is 13.7. The van der Waals surface area contributed by atoms with Gasteiger partial charge in [0.05, 0.1) is 39.0 Å².